The average Bonchev–Trinajstić information content (AvgIpc) is 3.01. The normalized spacial score (nSPS) is 34.3. The number of hydrogen-bond acceptors (Lipinski definition) is 3. The summed E-state index contributed by atoms with van der Waals surface area (Å²) in [5, 5.41) is 9.31. The summed E-state index contributed by atoms with van der Waals surface area (Å²) in [6, 6.07) is 3.14. The Bertz CT molecular complexity index is 668. The molecule has 0 spiro atoms. The number of amides is 1. The fourth-order valence-corrected chi connectivity index (χ4v) is 4.66. The first-order chi connectivity index (χ1) is 11.5. The van der Waals surface area contributed by atoms with Crippen molar-refractivity contribution in [1.29, 1.82) is 0 Å². The molecule has 4 atom stereocenters. The highest BCUT2D eigenvalue weighted by Gasteiger charge is 2.64. The summed E-state index contributed by atoms with van der Waals surface area (Å²) in [5.74, 6) is -0.511. The van der Waals surface area contributed by atoms with Crippen molar-refractivity contribution in [3.05, 3.63) is 29.8 Å². The van der Waals surface area contributed by atoms with Crippen LogP contribution in [0.3, 0.4) is 0 Å². The first-order valence-corrected chi connectivity index (χ1v) is 8.55. The van der Waals surface area contributed by atoms with Crippen LogP contribution < -0.4 is 4.74 Å². The molecule has 24 heavy (non-hydrogen) atoms. The van der Waals surface area contributed by atoms with Gasteiger partial charge in [-0.3, -0.25) is 4.79 Å². The summed E-state index contributed by atoms with van der Waals surface area (Å²) in [6.07, 6.45) is 2.99. The minimum Gasteiger partial charge on any atom is -0.485 e. The number of aliphatic hydroxyl groups is 1. The van der Waals surface area contributed by atoms with Crippen LogP contribution in [0, 0.1) is 28.9 Å². The number of nitrogens with zero attached hydrogens (tertiary/aromatic N) is 1. The van der Waals surface area contributed by atoms with E-state index in [1.165, 1.54) is 0 Å². The van der Waals surface area contributed by atoms with Gasteiger partial charge in [0.15, 0.2) is 11.6 Å². The molecule has 4 nitrogen and oxygen atoms in total. The number of aliphatic hydroxyl groups excluding tert-OH is 1. The fourth-order valence-electron chi connectivity index (χ4n) is 4.66. The lowest BCUT2D eigenvalue weighted by molar-refractivity contribution is -0.188. The molecule has 3 unspecified atom stereocenters. The lowest BCUT2D eigenvalue weighted by atomic mass is 9.42. The van der Waals surface area contributed by atoms with Crippen molar-refractivity contribution in [1.82, 2.24) is 4.90 Å². The zero-order chi connectivity index (χ0) is 16.9. The highest BCUT2D eigenvalue weighted by Crippen LogP contribution is 2.65. The van der Waals surface area contributed by atoms with Crippen molar-refractivity contribution in [2.75, 3.05) is 19.7 Å². The van der Waals surface area contributed by atoms with Crippen LogP contribution in [0.4, 0.5) is 8.78 Å². The Labute approximate surface area is 139 Å². The van der Waals surface area contributed by atoms with Gasteiger partial charge in [0, 0.05) is 25.6 Å². The largest absolute Gasteiger partial charge is 0.485 e. The highest BCUT2D eigenvalue weighted by atomic mass is 19.1. The van der Waals surface area contributed by atoms with Gasteiger partial charge in [0.25, 0.3) is 0 Å². The monoisotopic (exact) mass is 337 g/mol. The molecule has 4 rings (SSSR count). The minimum atomic E-state index is -0.594. The molecule has 1 aromatic rings. The predicted octanol–water partition coefficient (Wildman–Crippen LogP) is 2.35. The molecule has 6 heteroatoms. The maximum Gasteiger partial charge on any atom is 0.229 e. The molecule has 3 aliphatic rings. The standard InChI is InChI=1S/C18H21F2NO3/c19-12-1-2-15(20)16(7-12)24-13-4-6-21(9-13)17(23)18-5-3-14(18)11(8-18)10-22/h1-2,7,11,13-14,22H,3-6,8-10H2/t11?,13-,14?,18?/m1/s1. The third-order valence-electron chi connectivity index (χ3n) is 6.09. The van der Waals surface area contributed by atoms with Crippen molar-refractivity contribution in [3.8, 4) is 5.75 Å². The summed E-state index contributed by atoms with van der Waals surface area (Å²) in [5.41, 5.74) is -0.271. The van der Waals surface area contributed by atoms with Crippen LogP contribution in [0.2, 0.25) is 0 Å². The Balaban J connectivity index is 1.39. The first-order valence-electron chi connectivity index (χ1n) is 8.55. The lowest BCUT2D eigenvalue weighted by Gasteiger charge is -2.62. The van der Waals surface area contributed by atoms with Crippen molar-refractivity contribution in [2.45, 2.75) is 31.8 Å². The smallest absolute Gasteiger partial charge is 0.229 e. The minimum absolute atomic E-state index is 0.0991. The summed E-state index contributed by atoms with van der Waals surface area (Å²) in [7, 11) is 0. The number of carbonyl (C=O) groups is 1. The number of rotatable bonds is 4. The summed E-state index contributed by atoms with van der Waals surface area (Å²) >= 11 is 0. The number of halogens is 2. The Morgan fingerprint density at radius 3 is 2.88 bits per heavy atom. The van der Waals surface area contributed by atoms with Gasteiger partial charge in [-0.1, -0.05) is 0 Å². The molecule has 0 bridgehead atoms. The van der Waals surface area contributed by atoms with E-state index in [4.69, 9.17) is 4.74 Å². The van der Waals surface area contributed by atoms with E-state index in [0.29, 0.717) is 25.4 Å². The maximum absolute atomic E-state index is 13.7. The number of carbonyl (C=O) groups excluding carboxylic acids is 1. The molecule has 0 radical (unpaired) electrons. The fraction of sp³-hybridized carbons (Fsp3) is 0.611. The first kappa shape index (κ1) is 15.8. The molecular formula is C18H21F2NO3. The number of likely N-dealkylation sites (tertiary alicyclic amines) is 1. The second-order valence-electron chi connectivity index (χ2n) is 7.30. The van der Waals surface area contributed by atoms with Gasteiger partial charge in [0.05, 0.1) is 12.0 Å². The Morgan fingerprint density at radius 1 is 1.38 bits per heavy atom. The second kappa shape index (κ2) is 5.69. The molecule has 2 aliphatic carbocycles. The van der Waals surface area contributed by atoms with Crippen molar-refractivity contribution < 1.29 is 23.4 Å². The molecule has 1 aliphatic heterocycles. The van der Waals surface area contributed by atoms with Gasteiger partial charge < -0.3 is 14.7 Å². The molecular weight excluding hydrogens is 316 g/mol. The number of hydrogen-bond donors (Lipinski definition) is 1. The molecule has 1 aromatic carbocycles. The molecule has 3 fully saturated rings. The lowest BCUT2D eigenvalue weighted by Crippen LogP contribution is -2.64. The third-order valence-corrected chi connectivity index (χ3v) is 6.09. The van der Waals surface area contributed by atoms with Gasteiger partial charge in [-0.2, -0.15) is 0 Å². The van der Waals surface area contributed by atoms with E-state index in [1.54, 1.807) is 4.90 Å². The van der Waals surface area contributed by atoms with Gasteiger partial charge in [0.1, 0.15) is 11.9 Å². The number of fused-ring (bicyclic) bond motifs is 1. The van der Waals surface area contributed by atoms with E-state index < -0.39 is 11.6 Å². The Hall–Kier alpha value is -1.69. The van der Waals surface area contributed by atoms with Crippen molar-refractivity contribution in [3.63, 3.8) is 0 Å². The molecule has 1 heterocycles. The number of benzene rings is 1. The van der Waals surface area contributed by atoms with Crippen molar-refractivity contribution in [2.24, 2.45) is 17.3 Å². The zero-order valence-corrected chi connectivity index (χ0v) is 13.4. The van der Waals surface area contributed by atoms with E-state index in [1.807, 2.05) is 0 Å². The topological polar surface area (TPSA) is 49.8 Å². The average molecular weight is 337 g/mol. The van der Waals surface area contributed by atoms with Crippen LogP contribution in [0.15, 0.2) is 18.2 Å². The maximum atomic E-state index is 13.7. The van der Waals surface area contributed by atoms with E-state index in [9.17, 15) is 18.7 Å². The van der Waals surface area contributed by atoms with Gasteiger partial charge >= 0.3 is 0 Å². The van der Waals surface area contributed by atoms with Gasteiger partial charge in [-0.15, -0.1) is 0 Å². The molecule has 130 valence electrons. The van der Waals surface area contributed by atoms with E-state index in [2.05, 4.69) is 0 Å². The highest BCUT2D eigenvalue weighted by molar-refractivity contribution is 5.85. The quantitative estimate of drug-likeness (QED) is 0.918. The number of ether oxygens (including phenoxy) is 1. The summed E-state index contributed by atoms with van der Waals surface area (Å²) < 4.78 is 32.5. The van der Waals surface area contributed by atoms with Crippen LogP contribution in [0.1, 0.15) is 25.7 Å². The second-order valence-corrected chi connectivity index (χ2v) is 7.30. The molecule has 1 amide bonds. The molecule has 1 saturated heterocycles. The van der Waals surface area contributed by atoms with Crippen LogP contribution in [0.25, 0.3) is 0 Å². The van der Waals surface area contributed by atoms with Crippen LogP contribution in [-0.2, 0) is 4.79 Å². The van der Waals surface area contributed by atoms with Gasteiger partial charge in [0.2, 0.25) is 5.91 Å². The predicted molar refractivity (Wildman–Crippen MR) is 82.3 cm³/mol. The third kappa shape index (κ3) is 2.31. The van der Waals surface area contributed by atoms with Crippen LogP contribution in [-0.4, -0.2) is 41.7 Å². The van der Waals surface area contributed by atoms with Gasteiger partial charge in [-0.05, 0) is 43.2 Å². The summed E-state index contributed by atoms with van der Waals surface area (Å²) in [4.78, 5) is 14.6. The van der Waals surface area contributed by atoms with E-state index >= 15 is 0 Å². The van der Waals surface area contributed by atoms with E-state index in [-0.39, 0.29) is 35.7 Å². The SMILES string of the molecule is O=C(N1CC[C@@H](Oc2cc(F)ccc2F)C1)C12CCC1C(CO)C2. The van der Waals surface area contributed by atoms with Crippen LogP contribution in [0.5, 0.6) is 5.75 Å². The Morgan fingerprint density at radius 2 is 2.21 bits per heavy atom. The molecule has 0 aromatic heterocycles. The zero-order valence-electron chi connectivity index (χ0n) is 13.4. The molecule has 2 saturated carbocycles. The van der Waals surface area contributed by atoms with Crippen LogP contribution >= 0.6 is 0 Å². The van der Waals surface area contributed by atoms with Crippen molar-refractivity contribution >= 4 is 5.91 Å². The van der Waals surface area contributed by atoms with Gasteiger partial charge in [-0.25, -0.2) is 8.78 Å². The summed E-state index contributed by atoms with van der Waals surface area (Å²) in [6.45, 7) is 1.15. The Kier molecular flexibility index (Phi) is 3.75. The molecule has 1 N–H and O–H groups in total. The van der Waals surface area contributed by atoms with E-state index in [0.717, 1.165) is 37.5 Å².